The Kier molecular flexibility index (Phi) is 2.34. The highest BCUT2D eigenvalue weighted by Crippen LogP contribution is 2.42. The van der Waals surface area contributed by atoms with E-state index in [0.717, 1.165) is 25.1 Å². The summed E-state index contributed by atoms with van der Waals surface area (Å²) in [6, 6.07) is 0. The first-order valence-electron chi connectivity index (χ1n) is 5.21. The first-order valence-corrected chi connectivity index (χ1v) is 5.21. The number of nitrogens with zero attached hydrogens (tertiary/aromatic N) is 3. The molecule has 1 aliphatic carbocycles. The lowest BCUT2D eigenvalue weighted by molar-refractivity contribution is 0.0619. The third-order valence-corrected chi connectivity index (χ3v) is 3.48. The summed E-state index contributed by atoms with van der Waals surface area (Å²) in [5.74, 6) is 1.25. The number of rotatable bonds is 3. The van der Waals surface area contributed by atoms with Crippen molar-refractivity contribution in [3.05, 3.63) is 11.6 Å². The Morgan fingerprint density at radius 1 is 1.53 bits per heavy atom. The van der Waals surface area contributed by atoms with Crippen molar-refractivity contribution in [2.75, 3.05) is 6.54 Å². The zero-order chi connectivity index (χ0) is 11.1. The molecule has 1 heterocycles. The summed E-state index contributed by atoms with van der Waals surface area (Å²) in [4.78, 5) is 12.2. The van der Waals surface area contributed by atoms with Crippen molar-refractivity contribution in [1.29, 1.82) is 0 Å². The number of ketones is 1. The second kappa shape index (κ2) is 3.41. The highest BCUT2D eigenvalue weighted by Gasteiger charge is 2.44. The lowest BCUT2D eigenvalue weighted by Gasteiger charge is -2.38. The number of Topliss-reactive ketones (excluding diaryl/α,β-unsaturated/α-hetero) is 1. The standard InChI is InChI=1S/C10H16N4O/c1-7-12-13-9(14(7)2)8(15)10(6-11)4-3-5-10/h3-6,11H2,1-2H3. The summed E-state index contributed by atoms with van der Waals surface area (Å²) in [5.41, 5.74) is 5.33. The Labute approximate surface area is 88.7 Å². The fourth-order valence-electron chi connectivity index (χ4n) is 1.97. The van der Waals surface area contributed by atoms with Crippen LogP contribution in [-0.2, 0) is 7.05 Å². The predicted octanol–water partition coefficient (Wildman–Crippen LogP) is 0.435. The largest absolute Gasteiger partial charge is 0.329 e. The highest BCUT2D eigenvalue weighted by molar-refractivity contribution is 5.98. The van der Waals surface area contributed by atoms with E-state index in [-0.39, 0.29) is 11.2 Å². The molecular formula is C10H16N4O. The molecule has 0 radical (unpaired) electrons. The molecule has 0 aliphatic heterocycles. The number of aromatic nitrogens is 3. The monoisotopic (exact) mass is 208 g/mol. The summed E-state index contributed by atoms with van der Waals surface area (Å²) in [6.45, 7) is 2.25. The van der Waals surface area contributed by atoms with Gasteiger partial charge in [-0.1, -0.05) is 6.42 Å². The van der Waals surface area contributed by atoms with Gasteiger partial charge in [0.25, 0.3) is 0 Å². The van der Waals surface area contributed by atoms with E-state index in [4.69, 9.17) is 5.73 Å². The SMILES string of the molecule is Cc1nnc(C(=O)C2(CN)CCC2)n1C. The maximum Gasteiger partial charge on any atom is 0.207 e. The van der Waals surface area contributed by atoms with Crippen LogP contribution in [0.3, 0.4) is 0 Å². The maximum absolute atomic E-state index is 12.2. The second-order valence-electron chi connectivity index (χ2n) is 4.30. The summed E-state index contributed by atoms with van der Waals surface area (Å²) >= 11 is 0. The summed E-state index contributed by atoms with van der Waals surface area (Å²) in [6.07, 6.45) is 2.85. The molecule has 1 fully saturated rings. The van der Waals surface area contributed by atoms with E-state index >= 15 is 0 Å². The van der Waals surface area contributed by atoms with Crippen LogP contribution in [0.4, 0.5) is 0 Å². The summed E-state index contributed by atoms with van der Waals surface area (Å²) in [5, 5.41) is 7.81. The molecule has 0 bridgehead atoms. The van der Waals surface area contributed by atoms with Crippen LogP contribution in [0.1, 0.15) is 35.7 Å². The van der Waals surface area contributed by atoms with Gasteiger partial charge in [0.15, 0.2) is 0 Å². The van der Waals surface area contributed by atoms with Crippen LogP contribution in [0.25, 0.3) is 0 Å². The third kappa shape index (κ3) is 1.38. The molecule has 15 heavy (non-hydrogen) atoms. The van der Waals surface area contributed by atoms with Crippen molar-refractivity contribution in [1.82, 2.24) is 14.8 Å². The molecule has 0 spiro atoms. The lowest BCUT2D eigenvalue weighted by atomic mass is 9.66. The minimum absolute atomic E-state index is 0.0550. The quantitative estimate of drug-likeness (QED) is 0.731. The third-order valence-electron chi connectivity index (χ3n) is 3.48. The summed E-state index contributed by atoms with van der Waals surface area (Å²) in [7, 11) is 1.81. The van der Waals surface area contributed by atoms with Crippen molar-refractivity contribution < 1.29 is 4.79 Å². The van der Waals surface area contributed by atoms with Gasteiger partial charge in [-0.15, -0.1) is 10.2 Å². The van der Waals surface area contributed by atoms with Crippen LogP contribution in [-0.4, -0.2) is 27.1 Å². The van der Waals surface area contributed by atoms with E-state index in [1.54, 1.807) is 4.57 Å². The zero-order valence-electron chi connectivity index (χ0n) is 9.16. The second-order valence-corrected chi connectivity index (χ2v) is 4.30. The molecule has 1 aromatic rings. The molecule has 0 unspecified atom stereocenters. The van der Waals surface area contributed by atoms with Crippen molar-refractivity contribution in [3.63, 3.8) is 0 Å². The van der Waals surface area contributed by atoms with Gasteiger partial charge in [-0.3, -0.25) is 4.79 Å². The molecule has 0 atom stereocenters. The molecular weight excluding hydrogens is 192 g/mol. The smallest absolute Gasteiger partial charge is 0.207 e. The molecule has 1 aromatic heterocycles. The van der Waals surface area contributed by atoms with E-state index in [9.17, 15) is 4.79 Å². The number of aryl methyl sites for hydroxylation is 1. The summed E-state index contributed by atoms with van der Waals surface area (Å²) < 4.78 is 1.73. The van der Waals surface area contributed by atoms with Crippen molar-refractivity contribution >= 4 is 5.78 Å². The molecule has 2 rings (SSSR count). The number of nitrogens with two attached hydrogens (primary N) is 1. The van der Waals surface area contributed by atoms with Crippen LogP contribution in [0.5, 0.6) is 0 Å². The number of carbonyl (C=O) groups is 1. The van der Waals surface area contributed by atoms with E-state index in [1.165, 1.54) is 0 Å². The number of hydrogen-bond acceptors (Lipinski definition) is 4. The van der Waals surface area contributed by atoms with Gasteiger partial charge in [0, 0.05) is 19.0 Å². The zero-order valence-corrected chi connectivity index (χ0v) is 9.16. The normalized spacial score (nSPS) is 18.6. The molecule has 1 saturated carbocycles. The van der Waals surface area contributed by atoms with Crippen molar-refractivity contribution in [2.24, 2.45) is 18.2 Å². The van der Waals surface area contributed by atoms with Gasteiger partial charge in [-0.25, -0.2) is 0 Å². The van der Waals surface area contributed by atoms with Crippen LogP contribution >= 0.6 is 0 Å². The van der Waals surface area contributed by atoms with E-state index in [1.807, 2.05) is 14.0 Å². The molecule has 82 valence electrons. The van der Waals surface area contributed by atoms with E-state index in [2.05, 4.69) is 10.2 Å². The Bertz CT molecular complexity index is 387. The van der Waals surface area contributed by atoms with Gasteiger partial charge in [0.05, 0.1) is 0 Å². The minimum Gasteiger partial charge on any atom is -0.329 e. The topological polar surface area (TPSA) is 73.8 Å². The van der Waals surface area contributed by atoms with E-state index < -0.39 is 0 Å². The van der Waals surface area contributed by atoms with Gasteiger partial charge >= 0.3 is 0 Å². The molecule has 5 heteroatoms. The van der Waals surface area contributed by atoms with Gasteiger partial charge < -0.3 is 10.3 Å². The fourth-order valence-corrected chi connectivity index (χ4v) is 1.97. The number of hydrogen-bond donors (Lipinski definition) is 1. The van der Waals surface area contributed by atoms with Crippen LogP contribution < -0.4 is 5.73 Å². The molecule has 0 saturated heterocycles. The molecule has 0 aromatic carbocycles. The predicted molar refractivity (Wildman–Crippen MR) is 55.4 cm³/mol. The minimum atomic E-state index is -0.354. The Morgan fingerprint density at radius 2 is 2.20 bits per heavy atom. The van der Waals surface area contributed by atoms with Crippen LogP contribution in [0.15, 0.2) is 0 Å². The molecule has 0 amide bonds. The Morgan fingerprint density at radius 3 is 2.53 bits per heavy atom. The highest BCUT2D eigenvalue weighted by atomic mass is 16.1. The van der Waals surface area contributed by atoms with Crippen LogP contribution in [0.2, 0.25) is 0 Å². The lowest BCUT2D eigenvalue weighted by Crippen LogP contribution is -2.45. The van der Waals surface area contributed by atoms with Crippen molar-refractivity contribution in [2.45, 2.75) is 26.2 Å². The van der Waals surface area contributed by atoms with E-state index in [0.29, 0.717) is 12.4 Å². The van der Waals surface area contributed by atoms with Gasteiger partial charge in [0.1, 0.15) is 5.82 Å². The Hall–Kier alpha value is -1.23. The van der Waals surface area contributed by atoms with Gasteiger partial charge in [-0.2, -0.15) is 0 Å². The average Bonchev–Trinajstić information content (AvgIpc) is 2.47. The molecule has 1 aliphatic rings. The molecule has 5 nitrogen and oxygen atoms in total. The van der Waals surface area contributed by atoms with Crippen molar-refractivity contribution in [3.8, 4) is 0 Å². The molecule has 2 N–H and O–H groups in total. The first kappa shape index (κ1) is 10.3. The first-order chi connectivity index (χ1) is 7.10. The van der Waals surface area contributed by atoms with Gasteiger partial charge in [0.2, 0.25) is 11.6 Å². The van der Waals surface area contributed by atoms with Crippen LogP contribution in [0, 0.1) is 12.3 Å². The number of carbonyl (C=O) groups excluding carboxylic acids is 1. The van der Waals surface area contributed by atoms with Gasteiger partial charge in [-0.05, 0) is 19.8 Å². The maximum atomic E-state index is 12.2. The Balaban J connectivity index is 2.31. The fraction of sp³-hybridized carbons (Fsp3) is 0.700. The average molecular weight is 208 g/mol.